The van der Waals surface area contributed by atoms with E-state index in [1.54, 1.807) is 0 Å². The molecule has 0 radical (unpaired) electrons. The molecule has 0 unspecified atom stereocenters. The fraction of sp³-hybridized carbons (Fsp3) is 0.909. The highest BCUT2D eigenvalue weighted by Crippen LogP contribution is 2.16. The van der Waals surface area contributed by atoms with Crippen molar-refractivity contribution < 1.29 is 9.90 Å². The molecule has 1 fully saturated rings. The highest BCUT2D eigenvalue weighted by molar-refractivity contribution is 5.70. The second-order valence-electron chi connectivity index (χ2n) is 4.21. The Hall–Kier alpha value is -0.610. The first-order valence-corrected chi connectivity index (χ1v) is 5.86. The lowest BCUT2D eigenvalue weighted by molar-refractivity contribution is -0.143. The van der Waals surface area contributed by atoms with Gasteiger partial charge < -0.3 is 10.4 Å². The molecule has 0 aromatic rings. The lowest BCUT2D eigenvalue weighted by atomic mass is 9.94. The number of aliphatic carboxylic acids is 1. The zero-order valence-electron chi connectivity index (χ0n) is 9.70. The summed E-state index contributed by atoms with van der Waals surface area (Å²) in [5.41, 5.74) is 0. The first kappa shape index (κ1) is 12.5. The number of piperidine rings is 1. The average molecular weight is 214 g/mol. The minimum Gasteiger partial charge on any atom is -0.481 e. The quantitative estimate of drug-likeness (QED) is 0.710. The molecule has 0 saturated carbocycles. The molecule has 2 N–H and O–H groups in total. The van der Waals surface area contributed by atoms with Crippen LogP contribution in [0.15, 0.2) is 0 Å². The minimum absolute atomic E-state index is 0.213. The molecule has 0 amide bonds. The lowest BCUT2D eigenvalue weighted by Crippen LogP contribution is -2.50. The SMILES string of the molecule is CCCN(CC)[C@H]1CNC[C@H](C(=O)O)C1. The van der Waals surface area contributed by atoms with Gasteiger partial charge in [-0.15, -0.1) is 0 Å². The fourth-order valence-corrected chi connectivity index (χ4v) is 2.27. The monoisotopic (exact) mass is 214 g/mol. The predicted molar refractivity (Wildman–Crippen MR) is 59.9 cm³/mol. The lowest BCUT2D eigenvalue weighted by Gasteiger charge is -2.36. The molecule has 88 valence electrons. The van der Waals surface area contributed by atoms with Crippen molar-refractivity contribution in [3.63, 3.8) is 0 Å². The van der Waals surface area contributed by atoms with Crippen molar-refractivity contribution in [3.05, 3.63) is 0 Å². The maximum Gasteiger partial charge on any atom is 0.307 e. The summed E-state index contributed by atoms with van der Waals surface area (Å²) >= 11 is 0. The van der Waals surface area contributed by atoms with E-state index in [0.29, 0.717) is 12.6 Å². The molecule has 0 aromatic carbocycles. The Morgan fingerprint density at radius 2 is 2.20 bits per heavy atom. The Kier molecular flexibility index (Phi) is 5.05. The van der Waals surface area contributed by atoms with Crippen LogP contribution in [0.3, 0.4) is 0 Å². The van der Waals surface area contributed by atoms with Crippen LogP contribution in [0.1, 0.15) is 26.7 Å². The summed E-state index contributed by atoms with van der Waals surface area (Å²) in [6.45, 7) is 7.92. The van der Waals surface area contributed by atoms with Gasteiger partial charge in [-0.25, -0.2) is 0 Å². The summed E-state index contributed by atoms with van der Waals surface area (Å²) in [5, 5.41) is 12.2. The molecule has 4 heteroatoms. The largest absolute Gasteiger partial charge is 0.481 e. The zero-order chi connectivity index (χ0) is 11.3. The number of carbonyl (C=O) groups is 1. The summed E-state index contributed by atoms with van der Waals surface area (Å²) in [6.07, 6.45) is 1.91. The normalized spacial score (nSPS) is 26.9. The van der Waals surface area contributed by atoms with Crippen LogP contribution in [0.4, 0.5) is 0 Å². The average Bonchev–Trinajstić information content (AvgIpc) is 2.26. The van der Waals surface area contributed by atoms with Crippen molar-refractivity contribution in [1.29, 1.82) is 0 Å². The van der Waals surface area contributed by atoms with E-state index in [-0.39, 0.29) is 5.92 Å². The molecule has 4 nitrogen and oxygen atoms in total. The Balaban J connectivity index is 2.49. The highest BCUT2D eigenvalue weighted by atomic mass is 16.4. The van der Waals surface area contributed by atoms with E-state index in [1.807, 2.05) is 0 Å². The van der Waals surface area contributed by atoms with Gasteiger partial charge in [0.05, 0.1) is 5.92 Å². The van der Waals surface area contributed by atoms with Gasteiger partial charge in [-0.3, -0.25) is 9.69 Å². The summed E-state index contributed by atoms with van der Waals surface area (Å²) in [4.78, 5) is 13.3. The number of rotatable bonds is 5. The van der Waals surface area contributed by atoms with E-state index in [0.717, 1.165) is 32.5 Å². The van der Waals surface area contributed by atoms with Crippen molar-refractivity contribution in [3.8, 4) is 0 Å². The Bertz CT molecular complexity index is 209. The van der Waals surface area contributed by atoms with E-state index < -0.39 is 5.97 Å². The first-order chi connectivity index (χ1) is 7.19. The molecule has 0 bridgehead atoms. The first-order valence-electron chi connectivity index (χ1n) is 5.86. The van der Waals surface area contributed by atoms with Crippen LogP contribution in [-0.4, -0.2) is 48.2 Å². The molecular weight excluding hydrogens is 192 g/mol. The van der Waals surface area contributed by atoms with Crippen LogP contribution < -0.4 is 5.32 Å². The molecule has 1 saturated heterocycles. The van der Waals surface area contributed by atoms with Crippen molar-refractivity contribution in [2.75, 3.05) is 26.2 Å². The zero-order valence-corrected chi connectivity index (χ0v) is 9.70. The van der Waals surface area contributed by atoms with Gasteiger partial charge in [-0.05, 0) is 25.9 Å². The maximum atomic E-state index is 10.9. The molecule has 0 spiro atoms. The summed E-state index contributed by atoms with van der Waals surface area (Å²) in [5.74, 6) is -0.880. The molecule has 1 rings (SSSR count). The predicted octanol–water partition coefficient (Wildman–Crippen LogP) is 0.781. The third-order valence-corrected chi connectivity index (χ3v) is 3.11. The number of carboxylic acid groups (broad SMARTS) is 1. The van der Waals surface area contributed by atoms with Crippen molar-refractivity contribution in [2.45, 2.75) is 32.7 Å². The summed E-state index contributed by atoms with van der Waals surface area (Å²) < 4.78 is 0. The van der Waals surface area contributed by atoms with E-state index in [2.05, 4.69) is 24.1 Å². The third-order valence-electron chi connectivity index (χ3n) is 3.11. The van der Waals surface area contributed by atoms with E-state index >= 15 is 0 Å². The van der Waals surface area contributed by atoms with Crippen LogP contribution in [-0.2, 0) is 4.79 Å². The number of hydrogen-bond acceptors (Lipinski definition) is 3. The molecule has 1 aliphatic rings. The van der Waals surface area contributed by atoms with Crippen LogP contribution in [0.2, 0.25) is 0 Å². The van der Waals surface area contributed by atoms with Gasteiger partial charge in [0.2, 0.25) is 0 Å². The highest BCUT2D eigenvalue weighted by Gasteiger charge is 2.29. The number of carboxylic acids is 1. The van der Waals surface area contributed by atoms with Crippen LogP contribution >= 0.6 is 0 Å². The smallest absolute Gasteiger partial charge is 0.307 e. The Morgan fingerprint density at radius 1 is 1.47 bits per heavy atom. The molecular formula is C11H22N2O2. The van der Waals surface area contributed by atoms with Crippen molar-refractivity contribution in [1.82, 2.24) is 10.2 Å². The van der Waals surface area contributed by atoms with Crippen molar-refractivity contribution in [2.24, 2.45) is 5.92 Å². The fourth-order valence-electron chi connectivity index (χ4n) is 2.27. The number of hydrogen-bond donors (Lipinski definition) is 2. The topological polar surface area (TPSA) is 52.6 Å². The van der Waals surface area contributed by atoms with E-state index in [4.69, 9.17) is 5.11 Å². The van der Waals surface area contributed by atoms with Gasteiger partial charge in [0.25, 0.3) is 0 Å². The van der Waals surface area contributed by atoms with E-state index in [1.165, 1.54) is 0 Å². The Morgan fingerprint density at radius 3 is 2.73 bits per heavy atom. The van der Waals surface area contributed by atoms with Gasteiger partial charge in [-0.1, -0.05) is 13.8 Å². The standard InChI is InChI=1S/C11H22N2O2/c1-3-5-13(4-2)10-6-9(11(14)15)7-12-8-10/h9-10,12H,3-8H2,1-2H3,(H,14,15)/t9-,10-/m1/s1. The summed E-state index contributed by atoms with van der Waals surface area (Å²) in [6, 6.07) is 0.393. The molecule has 0 aliphatic carbocycles. The molecule has 15 heavy (non-hydrogen) atoms. The van der Waals surface area contributed by atoms with Gasteiger partial charge in [-0.2, -0.15) is 0 Å². The maximum absolute atomic E-state index is 10.9. The van der Waals surface area contributed by atoms with Gasteiger partial charge in [0, 0.05) is 19.1 Å². The third kappa shape index (κ3) is 3.47. The van der Waals surface area contributed by atoms with Gasteiger partial charge in [0.1, 0.15) is 0 Å². The van der Waals surface area contributed by atoms with E-state index in [9.17, 15) is 4.79 Å². The molecule has 1 heterocycles. The second-order valence-corrected chi connectivity index (χ2v) is 4.21. The van der Waals surface area contributed by atoms with Crippen LogP contribution in [0.5, 0.6) is 0 Å². The number of nitrogens with zero attached hydrogens (tertiary/aromatic N) is 1. The Labute approximate surface area is 91.6 Å². The molecule has 1 aliphatic heterocycles. The second kappa shape index (κ2) is 6.08. The minimum atomic E-state index is -0.667. The molecule has 0 aromatic heterocycles. The van der Waals surface area contributed by atoms with Crippen LogP contribution in [0, 0.1) is 5.92 Å². The van der Waals surface area contributed by atoms with Gasteiger partial charge in [0.15, 0.2) is 0 Å². The van der Waals surface area contributed by atoms with Gasteiger partial charge >= 0.3 is 5.97 Å². The number of likely N-dealkylation sites (N-methyl/N-ethyl adjacent to an activating group) is 1. The molecule has 2 atom stereocenters. The van der Waals surface area contributed by atoms with Crippen LogP contribution in [0.25, 0.3) is 0 Å². The number of nitrogens with one attached hydrogen (secondary N) is 1. The summed E-state index contributed by atoms with van der Waals surface area (Å²) in [7, 11) is 0. The van der Waals surface area contributed by atoms with Crippen molar-refractivity contribution >= 4 is 5.97 Å².